The van der Waals surface area contributed by atoms with E-state index in [9.17, 15) is 4.79 Å². The van der Waals surface area contributed by atoms with E-state index in [2.05, 4.69) is 17.5 Å². The van der Waals surface area contributed by atoms with Gasteiger partial charge in [0.2, 0.25) is 17.8 Å². The van der Waals surface area contributed by atoms with E-state index < -0.39 is 0 Å². The lowest BCUT2D eigenvalue weighted by Crippen LogP contribution is -2.39. The fraction of sp³-hybridized carbons (Fsp3) is 0.409. The average Bonchev–Trinajstić information content (AvgIpc) is 3.35. The molecule has 142 valence electrons. The number of carbonyl (C=O) groups is 1. The van der Waals surface area contributed by atoms with Crippen molar-refractivity contribution in [3.63, 3.8) is 0 Å². The zero-order chi connectivity index (χ0) is 18.9. The lowest BCUT2D eigenvalue weighted by Gasteiger charge is -1.99. The number of aromatic nitrogens is 2. The summed E-state index contributed by atoms with van der Waals surface area (Å²) >= 11 is 1.64. The highest BCUT2D eigenvalue weighted by atomic mass is 32.1. The Morgan fingerprint density at radius 2 is 1.89 bits per heavy atom. The van der Waals surface area contributed by atoms with Crippen molar-refractivity contribution in [2.24, 2.45) is 0 Å². The van der Waals surface area contributed by atoms with Crippen LogP contribution in [0.1, 0.15) is 61.7 Å². The summed E-state index contributed by atoms with van der Waals surface area (Å²) in [5.74, 6) is 0.273. The number of Topliss-reactive ketones (excluding diaryl/α,β-unsaturated/α-hetero) is 1. The number of benzene rings is 1. The second-order valence-electron chi connectivity index (χ2n) is 6.86. The van der Waals surface area contributed by atoms with Crippen LogP contribution in [0.4, 0.5) is 0 Å². The van der Waals surface area contributed by atoms with E-state index in [-0.39, 0.29) is 5.78 Å². The van der Waals surface area contributed by atoms with Crippen molar-refractivity contribution < 1.29 is 13.9 Å². The molecular formula is C22H27N2O2S+. The van der Waals surface area contributed by atoms with Gasteiger partial charge in [-0.05, 0) is 6.42 Å². The molecule has 0 aliphatic rings. The van der Waals surface area contributed by atoms with Gasteiger partial charge in [-0.1, -0.05) is 85.9 Å². The molecule has 0 atom stereocenters. The molecule has 0 unspecified atom stereocenters. The zero-order valence-electron chi connectivity index (χ0n) is 15.9. The first-order chi connectivity index (χ1) is 13.3. The first-order valence-electron chi connectivity index (χ1n) is 9.77. The normalized spacial score (nSPS) is 11.0. The predicted molar refractivity (Wildman–Crippen MR) is 108 cm³/mol. The predicted octanol–water partition coefficient (Wildman–Crippen LogP) is 5.48. The number of rotatable bonds is 11. The van der Waals surface area contributed by atoms with E-state index in [1.807, 2.05) is 40.4 Å². The highest BCUT2D eigenvalue weighted by molar-refractivity contribution is 7.07. The molecule has 27 heavy (non-hydrogen) atoms. The lowest BCUT2D eigenvalue weighted by atomic mass is 10.1. The molecule has 0 aliphatic heterocycles. The molecule has 0 saturated carbocycles. The van der Waals surface area contributed by atoms with Crippen molar-refractivity contribution in [1.82, 2.24) is 5.16 Å². The third-order valence-electron chi connectivity index (χ3n) is 4.72. The highest BCUT2D eigenvalue weighted by Gasteiger charge is 2.21. The van der Waals surface area contributed by atoms with Crippen molar-refractivity contribution in [2.45, 2.75) is 58.4 Å². The van der Waals surface area contributed by atoms with E-state index >= 15 is 0 Å². The van der Waals surface area contributed by atoms with Gasteiger partial charge in [0.15, 0.2) is 5.69 Å². The maximum atomic E-state index is 12.6. The Bertz CT molecular complexity index is 839. The van der Waals surface area contributed by atoms with Crippen LogP contribution < -0.4 is 4.57 Å². The van der Waals surface area contributed by atoms with Crippen LogP contribution in [0.5, 0.6) is 0 Å². The van der Waals surface area contributed by atoms with Gasteiger partial charge in [-0.3, -0.25) is 4.79 Å². The maximum Gasteiger partial charge on any atom is 0.265 e. The molecule has 3 rings (SSSR count). The Kier molecular flexibility index (Phi) is 7.34. The Morgan fingerprint density at radius 1 is 1.11 bits per heavy atom. The molecule has 0 spiro atoms. The second-order valence-corrected chi connectivity index (χ2v) is 7.58. The van der Waals surface area contributed by atoms with Crippen LogP contribution in [-0.4, -0.2) is 10.9 Å². The molecule has 2 heterocycles. The molecule has 5 heteroatoms. The van der Waals surface area contributed by atoms with Gasteiger partial charge in [0.05, 0.1) is 5.38 Å². The van der Waals surface area contributed by atoms with Crippen LogP contribution in [0, 0.1) is 0 Å². The maximum absolute atomic E-state index is 12.6. The quantitative estimate of drug-likeness (QED) is 0.250. The number of ketones is 1. The standard InChI is InChI=1S/C22H27N2O2S/c1-2-3-4-5-6-10-13-19-16-27-17-24(19)15-21(25)22-14-20(23-26-22)18-11-8-7-9-12-18/h7-9,11-12,14,16-17H,2-6,10,13,15H2,1H3/q+1. The van der Waals surface area contributed by atoms with Gasteiger partial charge in [0.25, 0.3) is 5.78 Å². The summed E-state index contributed by atoms with van der Waals surface area (Å²) in [6.45, 7) is 2.54. The molecule has 4 nitrogen and oxygen atoms in total. The molecule has 0 saturated heterocycles. The van der Waals surface area contributed by atoms with Crippen LogP contribution >= 0.6 is 11.3 Å². The second kappa shape index (κ2) is 10.2. The van der Waals surface area contributed by atoms with Gasteiger partial charge >= 0.3 is 0 Å². The van der Waals surface area contributed by atoms with Gasteiger partial charge in [0, 0.05) is 18.1 Å². The molecule has 3 aromatic rings. The molecule has 0 N–H and O–H groups in total. The van der Waals surface area contributed by atoms with E-state index in [0.29, 0.717) is 18.0 Å². The summed E-state index contributed by atoms with van der Waals surface area (Å²) in [6, 6.07) is 11.5. The number of aryl methyl sites for hydroxylation is 1. The van der Waals surface area contributed by atoms with E-state index in [1.165, 1.54) is 44.2 Å². The van der Waals surface area contributed by atoms with Crippen molar-refractivity contribution in [3.05, 3.63) is 58.7 Å². The van der Waals surface area contributed by atoms with Crippen LogP contribution in [0.25, 0.3) is 11.3 Å². The average molecular weight is 384 g/mol. The van der Waals surface area contributed by atoms with Crippen molar-refractivity contribution in [1.29, 1.82) is 0 Å². The summed E-state index contributed by atoms with van der Waals surface area (Å²) in [6.07, 6.45) is 8.69. The highest BCUT2D eigenvalue weighted by Crippen LogP contribution is 2.19. The van der Waals surface area contributed by atoms with Gasteiger partial charge in [-0.25, -0.2) is 0 Å². The minimum Gasteiger partial charge on any atom is -0.352 e. The molecule has 0 bridgehead atoms. The first kappa shape index (κ1) is 19.5. The topological polar surface area (TPSA) is 47.0 Å². The Balaban J connectivity index is 1.54. The largest absolute Gasteiger partial charge is 0.352 e. The molecule has 1 aromatic carbocycles. The van der Waals surface area contributed by atoms with E-state index in [1.54, 1.807) is 17.4 Å². The van der Waals surface area contributed by atoms with Crippen LogP contribution in [0.15, 0.2) is 51.8 Å². The van der Waals surface area contributed by atoms with Crippen LogP contribution in [0.3, 0.4) is 0 Å². The Labute approximate surface area is 164 Å². The lowest BCUT2D eigenvalue weighted by molar-refractivity contribution is -0.685. The number of carbonyl (C=O) groups excluding carboxylic acids is 1. The molecule has 0 aliphatic carbocycles. The van der Waals surface area contributed by atoms with Gasteiger partial charge in [0.1, 0.15) is 5.69 Å². The molecule has 0 amide bonds. The third-order valence-corrected chi connectivity index (χ3v) is 5.50. The van der Waals surface area contributed by atoms with Gasteiger partial charge < -0.3 is 4.52 Å². The molecule has 2 aromatic heterocycles. The summed E-state index contributed by atoms with van der Waals surface area (Å²) in [5.41, 5.74) is 4.89. The first-order valence-corrected chi connectivity index (χ1v) is 10.7. The van der Waals surface area contributed by atoms with Crippen molar-refractivity contribution in [2.75, 3.05) is 0 Å². The fourth-order valence-corrected chi connectivity index (χ4v) is 3.96. The minimum absolute atomic E-state index is 0.0442. The fourth-order valence-electron chi connectivity index (χ4n) is 3.13. The monoisotopic (exact) mass is 383 g/mol. The molecular weight excluding hydrogens is 356 g/mol. The summed E-state index contributed by atoms with van der Waals surface area (Å²) in [5, 5.41) is 6.19. The van der Waals surface area contributed by atoms with Gasteiger partial charge in [-0.2, -0.15) is 4.57 Å². The van der Waals surface area contributed by atoms with Crippen LogP contribution in [-0.2, 0) is 13.0 Å². The summed E-state index contributed by atoms with van der Waals surface area (Å²) in [4.78, 5) is 12.6. The molecule has 0 radical (unpaired) electrons. The van der Waals surface area contributed by atoms with Crippen molar-refractivity contribution >= 4 is 17.1 Å². The number of nitrogens with zero attached hydrogens (tertiary/aromatic N) is 2. The van der Waals surface area contributed by atoms with E-state index in [4.69, 9.17) is 4.52 Å². The van der Waals surface area contributed by atoms with E-state index in [0.717, 1.165) is 12.0 Å². The number of hydrogen-bond acceptors (Lipinski definition) is 4. The third kappa shape index (κ3) is 5.60. The Hall–Kier alpha value is -2.27. The molecule has 0 fully saturated rings. The smallest absolute Gasteiger partial charge is 0.265 e. The zero-order valence-corrected chi connectivity index (χ0v) is 16.7. The number of hydrogen-bond donors (Lipinski definition) is 0. The SMILES string of the molecule is CCCCCCCCc1csc[n+]1CC(=O)c1cc(-c2ccccc2)no1. The minimum atomic E-state index is -0.0442. The van der Waals surface area contributed by atoms with Gasteiger partial charge in [-0.15, -0.1) is 0 Å². The van der Waals surface area contributed by atoms with Crippen molar-refractivity contribution in [3.8, 4) is 11.3 Å². The number of unbranched alkanes of at least 4 members (excludes halogenated alkanes) is 5. The number of thiazole rings is 1. The van der Waals surface area contributed by atoms with Crippen LogP contribution in [0.2, 0.25) is 0 Å². The summed E-state index contributed by atoms with van der Waals surface area (Å²) < 4.78 is 7.34. The summed E-state index contributed by atoms with van der Waals surface area (Å²) in [7, 11) is 0. The Morgan fingerprint density at radius 3 is 2.70 bits per heavy atom.